The van der Waals surface area contributed by atoms with Gasteiger partial charge in [-0.05, 0) is 49.9 Å². The van der Waals surface area contributed by atoms with Crippen molar-refractivity contribution >= 4 is 43.6 Å². The van der Waals surface area contributed by atoms with Gasteiger partial charge in [-0.25, -0.2) is 0 Å². The summed E-state index contributed by atoms with van der Waals surface area (Å²) < 4.78 is 2.22. The van der Waals surface area contributed by atoms with Crippen LogP contribution in [0.15, 0.2) is 61.2 Å². The van der Waals surface area contributed by atoms with Gasteiger partial charge in [0.1, 0.15) is 0 Å². The van der Waals surface area contributed by atoms with Crippen molar-refractivity contribution in [3.63, 3.8) is 0 Å². The second kappa shape index (κ2) is 6.93. The molecule has 2 rings (SSSR count). The van der Waals surface area contributed by atoms with Crippen molar-refractivity contribution in [2.75, 3.05) is 7.05 Å². The van der Waals surface area contributed by atoms with Crippen LogP contribution in [0.5, 0.6) is 0 Å². The molecule has 0 heterocycles. The first-order chi connectivity index (χ1) is 9.10. The van der Waals surface area contributed by atoms with Gasteiger partial charge in [-0.3, -0.25) is 0 Å². The van der Waals surface area contributed by atoms with Crippen LogP contribution in [0.25, 0.3) is 0 Å². The van der Waals surface area contributed by atoms with Crippen LogP contribution < -0.4 is 5.32 Å². The summed E-state index contributed by atoms with van der Waals surface area (Å²) in [5, 5.41) is 3.30. The van der Waals surface area contributed by atoms with Gasteiger partial charge in [-0.15, -0.1) is 0 Å². The summed E-state index contributed by atoms with van der Waals surface area (Å²) >= 11 is 8.85. The summed E-state index contributed by atoms with van der Waals surface area (Å²) in [5.74, 6) is 0. The number of halogens is 2. The minimum Gasteiger partial charge on any atom is -0.313 e. The van der Waals surface area contributed by atoms with E-state index in [9.17, 15) is 0 Å². The Morgan fingerprint density at radius 3 is 2.47 bits per heavy atom. The number of nitrogens with one attached hydrogen (secondary N) is 1. The molecular weight excluding hydrogens is 386 g/mol. The summed E-state index contributed by atoms with van der Waals surface area (Å²) in [6, 6.07) is 15.1. The van der Waals surface area contributed by atoms with Crippen molar-refractivity contribution in [1.29, 1.82) is 0 Å². The number of benzene rings is 2. The lowest BCUT2D eigenvalue weighted by molar-refractivity contribution is 0.641. The predicted molar refractivity (Wildman–Crippen MR) is 89.9 cm³/mol. The van der Waals surface area contributed by atoms with E-state index in [-0.39, 0.29) is 0 Å². The van der Waals surface area contributed by atoms with Crippen LogP contribution >= 0.6 is 43.6 Å². The first kappa shape index (κ1) is 15.1. The molecule has 0 spiro atoms. The Morgan fingerprint density at radius 2 is 1.79 bits per heavy atom. The van der Waals surface area contributed by atoms with Crippen LogP contribution in [-0.2, 0) is 0 Å². The van der Waals surface area contributed by atoms with Crippen molar-refractivity contribution in [1.82, 2.24) is 5.32 Å². The van der Waals surface area contributed by atoms with E-state index in [1.165, 1.54) is 15.4 Å². The third-order valence-electron chi connectivity index (χ3n) is 2.90. The maximum Gasteiger partial charge on any atom is 0.0300 e. The fourth-order valence-corrected chi connectivity index (χ4v) is 3.97. The van der Waals surface area contributed by atoms with Crippen LogP contribution in [0.2, 0.25) is 0 Å². The van der Waals surface area contributed by atoms with Crippen LogP contribution in [0.4, 0.5) is 0 Å². The molecule has 19 heavy (non-hydrogen) atoms. The molecule has 0 radical (unpaired) electrons. The maximum atomic E-state index is 3.55. The van der Waals surface area contributed by atoms with Crippen molar-refractivity contribution in [3.05, 3.63) is 57.0 Å². The molecule has 0 aliphatic heterocycles. The molecule has 100 valence electrons. The van der Waals surface area contributed by atoms with Crippen molar-refractivity contribution < 1.29 is 0 Å². The smallest absolute Gasteiger partial charge is 0.0300 e. The third kappa shape index (κ3) is 4.09. The zero-order valence-corrected chi connectivity index (χ0v) is 14.8. The molecule has 4 heteroatoms. The molecule has 0 bridgehead atoms. The van der Waals surface area contributed by atoms with Gasteiger partial charge < -0.3 is 5.32 Å². The van der Waals surface area contributed by atoms with Gasteiger partial charge in [0.2, 0.25) is 0 Å². The Bertz CT molecular complexity index is 572. The molecule has 0 aromatic heterocycles. The molecule has 0 aliphatic carbocycles. The van der Waals surface area contributed by atoms with Gasteiger partial charge in [0.05, 0.1) is 0 Å². The first-order valence-electron chi connectivity index (χ1n) is 6.00. The molecule has 2 aromatic rings. The van der Waals surface area contributed by atoms with Crippen molar-refractivity contribution in [2.24, 2.45) is 0 Å². The standard InChI is InChI=1S/C15H15Br2NS/c1-10(18-2)14-7-6-12(17)9-15(14)19-13-5-3-4-11(16)8-13/h3-10,18H,1-2H3. The molecule has 0 fully saturated rings. The van der Waals surface area contributed by atoms with Gasteiger partial charge >= 0.3 is 0 Å². The third-order valence-corrected chi connectivity index (χ3v) is 4.95. The molecule has 1 nitrogen and oxygen atoms in total. The zero-order valence-electron chi connectivity index (χ0n) is 10.8. The molecule has 2 aromatic carbocycles. The molecular formula is C15H15Br2NS. The van der Waals surface area contributed by atoms with Crippen LogP contribution in [0.3, 0.4) is 0 Å². The van der Waals surface area contributed by atoms with E-state index in [1.807, 2.05) is 13.1 Å². The first-order valence-corrected chi connectivity index (χ1v) is 8.40. The second-order valence-electron chi connectivity index (χ2n) is 4.25. The van der Waals surface area contributed by atoms with Gasteiger partial charge in [0.15, 0.2) is 0 Å². The Kier molecular flexibility index (Phi) is 5.51. The molecule has 1 atom stereocenters. The summed E-state index contributed by atoms with van der Waals surface area (Å²) in [6.45, 7) is 2.17. The highest BCUT2D eigenvalue weighted by Gasteiger charge is 2.10. The lowest BCUT2D eigenvalue weighted by Gasteiger charge is -2.16. The summed E-state index contributed by atoms with van der Waals surface area (Å²) in [4.78, 5) is 2.51. The van der Waals surface area contributed by atoms with E-state index in [0.29, 0.717) is 6.04 Å². The quantitative estimate of drug-likeness (QED) is 0.712. The van der Waals surface area contributed by atoms with Crippen molar-refractivity contribution in [2.45, 2.75) is 22.8 Å². The molecule has 0 saturated carbocycles. The maximum absolute atomic E-state index is 3.55. The van der Waals surface area contributed by atoms with E-state index >= 15 is 0 Å². The topological polar surface area (TPSA) is 12.0 Å². The fraction of sp³-hybridized carbons (Fsp3) is 0.200. The molecule has 1 N–H and O–H groups in total. The average Bonchev–Trinajstić information content (AvgIpc) is 2.38. The second-order valence-corrected chi connectivity index (χ2v) is 7.20. The molecule has 1 unspecified atom stereocenters. The number of hydrogen-bond donors (Lipinski definition) is 1. The highest BCUT2D eigenvalue weighted by atomic mass is 79.9. The van der Waals surface area contributed by atoms with Crippen LogP contribution in [0, 0.1) is 0 Å². The van der Waals surface area contributed by atoms with Gasteiger partial charge in [-0.2, -0.15) is 0 Å². The van der Waals surface area contributed by atoms with Crippen molar-refractivity contribution in [3.8, 4) is 0 Å². The van der Waals surface area contributed by atoms with Crippen LogP contribution in [0.1, 0.15) is 18.5 Å². The average molecular weight is 401 g/mol. The largest absolute Gasteiger partial charge is 0.313 e. The molecule has 0 amide bonds. The van der Waals surface area contributed by atoms with E-state index < -0.39 is 0 Å². The summed E-state index contributed by atoms with van der Waals surface area (Å²) in [7, 11) is 1.99. The lowest BCUT2D eigenvalue weighted by Crippen LogP contribution is -2.13. The van der Waals surface area contributed by atoms with E-state index in [2.05, 4.69) is 80.5 Å². The fourth-order valence-electron chi connectivity index (χ4n) is 1.77. The van der Waals surface area contributed by atoms with E-state index in [0.717, 1.165) is 8.95 Å². The minimum absolute atomic E-state index is 0.336. The Labute approximate surface area is 135 Å². The Morgan fingerprint density at radius 1 is 1.05 bits per heavy atom. The van der Waals surface area contributed by atoms with Gasteiger partial charge in [0.25, 0.3) is 0 Å². The highest BCUT2D eigenvalue weighted by Crippen LogP contribution is 2.36. The molecule has 0 aliphatic rings. The zero-order chi connectivity index (χ0) is 13.8. The lowest BCUT2D eigenvalue weighted by atomic mass is 10.1. The summed E-state index contributed by atoms with van der Waals surface area (Å²) in [6.07, 6.45) is 0. The van der Waals surface area contributed by atoms with Crippen LogP contribution in [-0.4, -0.2) is 7.05 Å². The van der Waals surface area contributed by atoms with E-state index in [1.54, 1.807) is 11.8 Å². The highest BCUT2D eigenvalue weighted by molar-refractivity contribution is 9.10. The van der Waals surface area contributed by atoms with E-state index in [4.69, 9.17) is 0 Å². The number of rotatable bonds is 4. The Hall–Kier alpha value is -0.290. The SMILES string of the molecule is CNC(C)c1ccc(Br)cc1Sc1cccc(Br)c1. The normalized spacial score (nSPS) is 12.4. The van der Waals surface area contributed by atoms with Gasteiger partial charge in [0, 0.05) is 24.8 Å². The predicted octanol–water partition coefficient (Wildman–Crippen LogP) is 5.64. The number of hydrogen-bond acceptors (Lipinski definition) is 2. The minimum atomic E-state index is 0.336. The Balaban J connectivity index is 2.35. The monoisotopic (exact) mass is 399 g/mol. The van der Waals surface area contributed by atoms with Gasteiger partial charge in [-0.1, -0.05) is 55.8 Å². The summed E-state index contributed by atoms with van der Waals surface area (Å²) in [5.41, 5.74) is 1.32. The molecule has 0 saturated heterocycles.